The molecule has 0 N–H and O–H groups in total. The Morgan fingerprint density at radius 2 is 2.06 bits per heavy atom. The molecule has 0 spiro atoms. The number of hydrogen-bond donors (Lipinski definition) is 0. The van der Waals surface area contributed by atoms with E-state index < -0.39 is 5.24 Å². The van der Waals surface area contributed by atoms with Gasteiger partial charge < -0.3 is 0 Å². The van der Waals surface area contributed by atoms with Crippen LogP contribution in [0.3, 0.4) is 0 Å². The fraction of sp³-hybridized carbons (Fsp3) is 0.167. The van der Waals surface area contributed by atoms with E-state index in [-0.39, 0.29) is 0 Å². The third kappa shape index (κ3) is 2.31. The van der Waals surface area contributed by atoms with Crippen LogP contribution < -0.4 is 0 Å². The van der Waals surface area contributed by atoms with E-state index in [1.807, 2.05) is 37.3 Å². The Labute approximate surface area is 98.7 Å². The molecule has 0 fully saturated rings. The van der Waals surface area contributed by atoms with Crippen molar-refractivity contribution in [1.82, 2.24) is 9.78 Å². The van der Waals surface area contributed by atoms with Crippen molar-refractivity contribution in [2.45, 2.75) is 13.5 Å². The van der Waals surface area contributed by atoms with Crippen LogP contribution in [0.15, 0.2) is 36.4 Å². The highest BCUT2D eigenvalue weighted by molar-refractivity contribution is 6.67. The largest absolute Gasteiger partial charge is 0.274 e. The van der Waals surface area contributed by atoms with Crippen molar-refractivity contribution in [3.05, 3.63) is 53.3 Å². The number of benzene rings is 1. The molecular formula is C12H11ClN2O. The van der Waals surface area contributed by atoms with Crippen LogP contribution in [0.2, 0.25) is 0 Å². The number of aryl methyl sites for hydroxylation is 1. The van der Waals surface area contributed by atoms with Crippen molar-refractivity contribution >= 4 is 16.8 Å². The van der Waals surface area contributed by atoms with E-state index in [0.29, 0.717) is 12.2 Å². The zero-order valence-electron chi connectivity index (χ0n) is 8.85. The number of carbonyl (C=O) groups is 1. The summed E-state index contributed by atoms with van der Waals surface area (Å²) in [6, 6.07) is 11.6. The van der Waals surface area contributed by atoms with E-state index in [1.54, 1.807) is 10.7 Å². The van der Waals surface area contributed by atoms with Gasteiger partial charge in [-0.15, -0.1) is 0 Å². The minimum Gasteiger partial charge on any atom is -0.274 e. The second kappa shape index (κ2) is 4.49. The summed E-state index contributed by atoms with van der Waals surface area (Å²) < 4.78 is 1.77. The van der Waals surface area contributed by atoms with Gasteiger partial charge in [0, 0.05) is 5.69 Å². The van der Waals surface area contributed by atoms with Gasteiger partial charge in [-0.1, -0.05) is 30.3 Å². The van der Waals surface area contributed by atoms with Crippen LogP contribution in [-0.2, 0) is 6.54 Å². The van der Waals surface area contributed by atoms with Gasteiger partial charge in [0.1, 0.15) is 5.69 Å². The highest BCUT2D eigenvalue weighted by Crippen LogP contribution is 2.09. The molecule has 0 saturated carbocycles. The van der Waals surface area contributed by atoms with Gasteiger partial charge >= 0.3 is 0 Å². The first-order chi connectivity index (χ1) is 7.66. The van der Waals surface area contributed by atoms with Crippen LogP contribution in [-0.4, -0.2) is 15.0 Å². The molecule has 3 nitrogen and oxygen atoms in total. The van der Waals surface area contributed by atoms with Crippen molar-refractivity contribution < 1.29 is 4.79 Å². The molecule has 16 heavy (non-hydrogen) atoms. The maximum Gasteiger partial charge on any atom is 0.272 e. The zero-order chi connectivity index (χ0) is 11.5. The number of carbonyl (C=O) groups excluding carboxylic acids is 1. The van der Waals surface area contributed by atoms with Crippen molar-refractivity contribution in [2.75, 3.05) is 0 Å². The fourth-order valence-corrected chi connectivity index (χ4v) is 1.61. The number of halogens is 1. The fourth-order valence-electron chi connectivity index (χ4n) is 1.52. The Morgan fingerprint density at radius 3 is 2.62 bits per heavy atom. The Bertz CT molecular complexity index is 505. The molecule has 0 amide bonds. The van der Waals surface area contributed by atoms with E-state index in [0.717, 1.165) is 11.3 Å². The van der Waals surface area contributed by atoms with E-state index in [9.17, 15) is 4.79 Å². The standard InChI is InChI=1S/C12H11ClN2O/c1-9-7-11(12(13)16)14-15(9)8-10-5-3-2-4-6-10/h2-7H,8H2,1H3. The van der Waals surface area contributed by atoms with Crippen LogP contribution in [0.1, 0.15) is 21.7 Å². The van der Waals surface area contributed by atoms with E-state index in [4.69, 9.17) is 11.6 Å². The summed E-state index contributed by atoms with van der Waals surface area (Å²) in [5, 5.41) is 3.62. The average Bonchev–Trinajstić information content (AvgIpc) is 2.62. The lowest BCUT2D eigenvalue weighted by Gasteiger charge is -2.03. The molecule has 0 unspecified atom stereocenters. The quantitative estimate of drug-likeness (QED) is 0.766. The maximum absolute atomic E-state index is 11.0. The first-order valence-electron chi connectivity index (χ1n) is 4.95. The number of aromatic nitrogens is 2. The summed E-state index contributed by atoms with van der Waals surface area (Å²) in [5.41, 5.74) is 2.37. The molecule has 0 aliphatic heterocycles. The predicted molar refractivity (Wildman–Crippen MR) is 62.7 cm³/mol. The Morgan fingerprint density at radius 1 is 1.38 bits per heavy atom. The minimum atomic E-state index is -0.519. The van der Waals surface area contributed by atoms with Crippen molar-refractivity contribution in [1.29, 1.82) is 0 Å². The van der Waals surface area contributed by atoms with E-state index in [1.165, 1.54) is 0 Å². The second-order valence-electron chi connectivity index (χ2n) is 3.59. The van der Waals surface area contributed by atoms with Crippen LogP contribution in [0.5, 0.6) is 0 Å². The summed E-state index contributed by atoms with van der Waals surface area (Å²) in [5.74, 6) is 0. The molecule has 1 aromatic heterocycles. The minimum absolute atomic E-state index is 0.301. The molecule has 0 atom stereocenters. The third-order valence-electron chi connectivity index (χ3n) is 2.36. The first kappa shape index (κ1) is 10.9. The second-order valence-corrected chi connectivity index (χ2v) is 3.93. The van der Waals surface area contributed by atoms with Crippen molar-refractivity contribution in [2.24, 2.45) is 0 Å². The summed E-state index contributed by atoms with van der Waals surface area (Å²) in [4.78, 5) is 11.0. The number of nitrogens with zero attached hydrogens (tertiary/aromatic N) is 2. The van der Waals surface area contributed by atoms with Gasteiger partial charge in [0.15, 0.2) is 0 Å². The van der Waals surface area contributed by atoms with E-state index in [2.05, 4.69) is 5.10 Å². The predicted octanol–water partition coefficient (Wildman–Crippen LogP) is 2.62. The highest BCUT2D eigenvalue weighted by atomic mass is 35.5. The monoisotopic (exact) mass is 234 g/mol. The third-order valence-corrected chi connectivity index (χ3v) is 2.55. The molecular weight excluding hydrogens is 224 g/mol. The normalized spacial score (nSPS) is 10.4. The lowest BCUT2D eigenvalue weighted by molar-refractivity contribution is 0.107. The smallest absolute Gasteiger partial charge is 0.272 e. The van der Waals surface area contributed by atoms with Crippen molar-refractivity contribution in [3.63, 3.8) is 0 Å². The lowest BCUT2D eigenvalue weighted by atomic mass is 10.2. The van der Waals surface area contributed by atoms with Crippen LogP contribution >= 0.6 is 11.6 Å². The molecule has 2 rings (SSSR count). The first-order valence-corrected chi connectivity index (χ1v) is 5.33. The van der Waals surface area contributed by atoms with Gasteiger partial charge in [0.25, 0.3) is 5.24 Å². The molecule has 0 bridgehead atoms. The SMILES string of the molecule is Cc1cc(C(=O)Cl)nn1Cc1ccccc1. The molecule has 0 aliphatic rings. The zero-order valence-corrected chi connectivity index (χ0v) is 9.61. The summed E-state index contributed by atoms with van der Waals surface area (Å²) in [6.45, 7) is 2.55. The summed E-state index contributed by atoms with van der Waals surface area (Å²) in [7, 11) is 0. The topological polar surface area (TPSA) is 34.9 Å². The van der Waals surface area contributed by atoms with E-state index >= 15 is 0 Å². The van der Waals surface area contributed by atoms with Gasteiger partial charge in [-0.05, 0) is 30.2 Å². The maximum atomic E-state index is 11.0. The average molecular weight is 235 g/mol. The molecule has 2 aromatic rings. The number of rotatable bonds is 3. The van der Waals surface area contributed by atoms with Gasteiger partial charge in [-0.3, -0.25) is 9.48 Å². The Kier molecular flexibility index (Phi) is 3.06. The Balaban J connectivity index is 2.25. The summed E-state index contributed by atoms with van der Waals surface area (Å²) >= 11 is 5.38. The highest BCUT2D eigenvalue weighted by Gasteiger charge is 2.09. The lowest BCUT2D eigenvalue weighted by Crippen LogP contribution is -2.04. The van der Waals surface area contributed by atoms with Crippen LogP contribution in [0, 0.1) is 6.92 Å². The van der Waals surface area contributed by atoms with Crippen molar-refractivity contribution in [3.8, 4) is 0 Å². The molecule has 0 radical (unpaired) electrons. The Hall–Kier alpha value is -1.61. The number of hydrogen-bond acceptors (Lipinski definition) is 2. The molecule has 1 aromatic carbocycles. The summed E-state index contributed by atoms with van der Waals surface area (Å²) in [6.07, 6.45) is 0. The van der Waals surface area contributed by atoms with Crippen LogP contribution in [0.25, 0.3) is 0 Å². The van der Waals surface area contributed by atoms with Gasteiger partial charge in [0.05, 0.1) is 6.54 Å². The molecule has 1 heterocycles. The van der Waals surface area contributed by atoms with Crippen LogP contribution in [0.4, 0.5) is 0 Å². The molecule has 82 valence electrons. The molecule has 4 heteroatoms. The van der Waals surface area contributed by atoms with Gasteiger partial charge in [-0.2, -0.15) is 5.10 Å². The molecule has 0 aliphatic carbocycles. The van der Waals surface area contributed by atoms with Gasteiger partial charge in [-0.25, -0.2) is 0 Å². The van der Waals surface area contributed by atoms with Gasteiger partial charge in [0.2, 0.25) is 0 Å². The molecule has 0 saturated heterocycles.